The highest BCUT2D eigenvalue weighted by Gasteiger charge is 2.30. The monoisotopic (exact) mass is 296 g/mol. The SMILES string of the molecule is C=C1CC(OC(C)=O)/C=C(\C)CCC(C(C)(C)O)CC1O. The molecular formula is C17H28O4. The molecule has 1 aliphatic rings. The molecule has 0 aromatic rings. The van der Waals surface area contributed by atoms with Gasteiger partial charge in [0, 0.05) is 13.3 Å². The van der Waals surface area contributed by atoms with Gasteiger partial charge in [0.05, 0.1) is 11.7 Å². The minimum absolute atomic E-state index is 0.00197. The van der Waals surface area contributed by atoms with Crippen molar-refractivity contribution in [3.8, 4) is 0 Å². The number of hydrogen-bond acceptors (Lipinski definition) is 4. The van der Waals surface area contributed by atoms with Crippen molar-refractivity contribution in [3.05, 3.63) is 23.8 Å². The van der Waals surface area contributed by atoms with Crippen molar-refractivity contribution in [1.82, 2.24) is 0 Å². The summed E-state index contributed by atoms with van der Waals surface area (Å²) in [7, 11) is 0. The number of carbonyl (C=O) groups excluding carboxylic acids is 1. The predicted molar refractivity (Wildman–Crippen MR) is 82.7 cm³/mol. The van der Waals surface area contributed by atoms with Crippen LogP contribution in [0.4, 0.5) is 0 Å². The first-order valence-electron chi connectivity index (χ1n) is 7.52. The Bertz CT molecular complexity index is 417. The molecule has 1 rings (SSSR count). The Kier molecular flexibility index (Phi) is 6.17. The molecule has 2 N–H and O–H groups in total. The van der Waals surface area contributed by atoms with Crippen LogP contribution in [0.1, 0.15) is 53.4 Å². The molecule has 0 aromatic heterocycles. The fraction of sp³-hybridized carbons (Fsp3) is 0.706. The van der Waals surface area contributed by atoms with Gasteiger partial charge in [0.25, 0.3) is 0 Å². The second-order valence-electron chi connectivity index (χ2n) is 6.66. The highest BCUT2D eigenvalue weighted by molar-refractivity contribution is 5.66. The van der Waals surface area contributed by atoms with E-state index >= 15 is 0 Å². The van der Waals surface area contributed by atoms with Crippen LogP contribution >= 0.6 is 0 Å². The van der Waals surface area contributed by atoms with Gasteiger partial charge in [-0.3, -0.25) is 4.79 Å². The van der Waals surface area contributed by atoms with Crippen molar-refractivity contribution >= 4 is 5.97 Å². The predicted octanol–water partition coefficient (Wildman–Crippen LogP) is 2.74. The molecule has 3 atom stereocenters. The lowest BCUT2D eigenvalue weighted by Crippen LogP contribution is -2.35. The number of aliphatic hydroxyl groups excluding tert-OH is 1. The van der Waals surface area contributed by atoms with Crippen molar-refractivity contribution < 1.29 is 19.7 Å². The van der Waals surface area contributed by atoms with Gasteiger partial charge in [0.15, 0.2) is 0 Å². The molecule has 120 valence electrons. The summed E-state index contributed by atoms with van der Waals surface area (Å²) in [5.74, 6) is -0.337. The molecule has 21 heavy (non-hydrogen) atoms. The van der Waals surface area contributed by atoms with Crippen LogP contribution in [0.3, 0.4) is 0 Å². The topological polar surface area (TPSA) is 66.8 Å². The maximum atomic E-state index is 11.2. The Balaban J connectivity index is 2.95. The number of esters is 1. The van der Waals surface area contributed by atoms with Gasteiger partial charge in [-0.2, -0.15) is 0 Å². The number of hydrogen-bond donors (Lipinski definition) is 2. The summed E-state index contributed by atoms with van der Waals surface area (Å²) in [6.07, 6.45) is 3.34. The second-order valence-corrected chi connectivity index (χ2v) is 6.66. The van der Waals surface area contributed by atoms with E-state index < -0.39 is 11.7 Å². The zero-order chi connectivity index (χ0) is 16.2. The summed E-state index contributed by atoms with van der Waals surface area (Å²) >= 11 is 0. The second kappa shape index (κ2) is 7.23. The summed E-state index contributed by atoms with van der Waals surface area (Å²) < 4.78 is 5.27. The van der Waals surface area contributed by atoms with E-state index in [0.29, 0.717) is 18.4 Å². The fourth-order valence-corrected chi connectivity index (χ4v) is 2.74. The number of allylic oxidation sites excluding steroid dienone is 1. The fourth-order valence-electron chi connectivity index (χ4n) is 2.74. The van der Waals surface area contributed by atoms with Gasteiger partial charge in [-0.25, -0.2) is 0 Å². The highest BCUT2D eigenvalue weighted by Crippen LogP contribution is 2.31. The first kappa shape index (κ1) is 17.9. The molecule has 4 nitrogen and oxygen atoms in total. The Morgan fingerprint density at radius 1 is 1.48 bits per heavy atom. The first-order valence-corrected chi connectivity index (χ1v) is 7.52. The van der Waals surface area contributed by atoms with E-state index in [1.54, 1.807) is 13.8 Å². The largest absolute Gasteiger partial charge is 0.458 e. The average Bonchev–Trinajstić information content (AvgIpc) is 2.30. The van der Waals surface area contributed by atoms with E-state index in [-0.39, 0.29) is 18.0 Å². The Hall–Kier alpha value is -1.13. The lowest BCUT2D eigenvalue weighted by Gasteiger charge is -2.33. The summed E-state index contributed by atoms with van der Waals surface area (Å²) in [5, 5.41) is 20.5. The summed E-state index contributed by atoms with van der Waals surface area (Å²) in [5.41, 5.74) is 0.928. The maximum absolute atomic E-state index is 11.2. The summed E-state index contributed by atoms with van der Waals surface area (Å²) in [4.78, 5) is 11.2. The van der Waals surface area contributed by atoms with Crippen LogP contribution in [0.5, 0.6) is 0 Å². The zero-order valence-corrected chi connectivity index (χ0v) is 13.6. The van der Waals surface area contributed by atoms with Crippen LogP contribution in [0.15, 0.2) is 23.8 Å². The molecule has 0 spiro atoms. The molecule has 0 fully saturated rings. The smallest absolute Gasteiger partial charge is 0.303 e. The van der Waals surface area contributed by atoms with Gasteiger partial charge < -0.3 is 14.9 Å². The molecule has 0 bridgehead atoms. The molecule has 0 heterocycles. The van der Waals surface area contributed by atoms with Crippen molar-refractivity contribution in [2.75, 3.05) is 0 Å². The van der Waals surface area contributed by atoms with E-state index in [1.807, 2.05) is 13.0 Å². The van der Waals surface area contributed by atoms with Gasteiger partial charge in [0.1, 0.15) is 6.10 Å². The van der Waals surface area contributed by atoms with Crippen LogP contribution in [0, 0.1) is 5.92 Å². The minimum atomic E-state index is -0.837. The van der Waals surface area contributed by atoms with Crippen LogP contribution in [-0.4, -0.2) is 34.0 Å². The number of carbonyl (C=O) groups is 1. The first-order chi connectivity index (χ1) is 9.59. The molecule has 0 radical (unpaired) electrons. The number of aliphatic hydroxyl groups is 2. The highest BCUT2D eigenvalue weighted by atomic mass is 16.5. The van der Waals surface area contributed by atoms with Gasteiger partial charge in [-0.15, -0.1) is 0 Å². The van der Waals surface area contributed by atoms with E-state index in [4.69, 9.17) is 4.74 Å². The normalized spacial score (nSPS) is 31.2. The maximum Gasteiger partial charge on any atom is 0.303 e. The molecule has 0 amide bonds. The number of ether oxygens (including phenoxy) is 1. The molecule has 0 aromatic carbocycles. The summed E-state index contributed by atoms with van der Waals surface area (Å²) in [6.45, 7) is 10.9. The van der Waals surface area contributed by atoms with E-state index in [0.717, 1.165) is 18.4 Å². The molecular weight excluding hydrogens is 268 g/mol. The molecule has 1 aliphatic carbocycles. The standard InChI is InChI=1S/C17H28O4/c1-11-6-7-14(17(4,5)20)10-16(19)12(2)9-15(8-11)21-13(3)18/h8,14-16,19-20H,2,6-7,9-10H2,1,3-5H3/b11-8+. The van der Waals surface area contributed by atoms with Gasteiger partial charge in [-0.05, 0) is 57.6 Å². The van der Waals surface area contributed by atoms with Gasteiger partial charge in [0.2, 0.25) is 0 Å². The lowest BCUT2D eigenvalue weighted by molar-refractivity contribution is -0.144. The van der Waals surface area contributed by atoms with E-state index in [9.17, 15) is 15.0 Å². The number of rotatable bonds is 2. The quantitative estimate of drug-likeness (QED) is 0.607. The third-order valence-corrected chi connectivity index (χ3v) is 4.12. The van der Waals surface area contributed by atoms with E-state index in [2.05, 4.69) is 6.58 Å². The van der Waals surface area contributed by atoms with Crippen molar-refractivity contribution in [3.63, 3.8) is 0 Å². The minimum Gasteiger partial charge on any atom is -0.458 e. The van der Waals surface area contributed by atoms with E-state index in [1.165, 1.54) is 6.92 Å². The van der Waals surface area contributed by atoms with Gasteiger partial charge >= 0.3 is 5.97 Å². The molecule has 0 aliphatic heterocycles. The van der Waals surface area contributed by atoms with Crippen molar-refractivity contribution in [2.24, 2.45) is 5.92 Å². The zero-order valence-electron chi connectivity index (χ0n) is 13.6. The third kappa shape index (κ3) is 6.02. The average molecular weight is 296 g/mol. The molecule has 0 saturated heterocycles. The van der Waals surface area contributed by atoms with Crippen LogP contribution in [0.2, 0.25) is 0 Å². The lowest BCUT2D eigenvalue weighted by atomic mass is 9.79. The third-order valence-electron chi connectivity index (χ3n) is 4.12. The Labute approximate surface area is 127 Å². The van der Waals surface area contributed by atoms with Crippen LogP contribution < -0.4 is 0 Å². The molecule has 3 unspecified atom stereocenters. The summed E-state index contributed by atoms with van der Waals surface area (Å²) in [6, 6.07) is 0. The van der Waals surface area contributed by atoms with Crippen molar-refractivity contribution in [2.45, 2.75) is 71.2 Å². The molecule has 0 saturated carbocycles. The Morgan fingerprint density at radius 2 is 2.10 bits per heavy atom. The van der Waals surface area contributed by atoms with Crippen molar-refractivity contribution in [1.29, 1.82) is 0 Å². The molecule has 4 heteroatoms. The van der Waals surface area contributed by atoms with Crippen LogP contribution in [-0.2, 0) is 9.53 Å². The van der Waals surface area contributed by atoms with Crippen LogP contribution in [0.25, 0.3) is 0 Å². The Morgan fingerprint density at radius 3 is 2.62 bits per heavy atom. The van der Waals surface area contributed by atoms with Gasteiger partial charge in [-0.1, -0.05) is 12.2 Å².